The van der Waals surface area contributed by atoms with Gasteiger partial charge >= 0.3 is 0 Å². The summed E-state index contributed by atoms with van der Waals surface area (Å²) in [6.07, 6.45) is 3.29. The lowest BCUT2D eigenvalue weighted by Crippen LogP contribution is -2.62. The van der Waals surface area contributed by atoms with E-state index in [0.717, 1.165) is 28.6 Å². The van der Waals surface area contributed by atoms with E-state index in [1.165, 1.54) is 0 Å². The molecule has 2 amide bonds. The van der Waals surface area contributed by atoms with Gasteiger partial charge in [0.05, 0.1) is 0 Å². The van der Waals surface area contributed by atoms with Crippen molar-refractivity contribution in [1.29, 1.82) is 0 Å². The maximum Gasteiger partial charge on any atom is 0.246 e. The highest BCUT2D eigenvalue weighted by molar-refractivity contribution is 5.98. The number of piperazine rings is 1. The third-order valence-electron chi connectivity index (χ3n) is 6.24. The third kappa shape index (κ3) is 2.76. The highest BCUT2D eigenvalue weighted by Gasteiger charge is 2.46. The van der Waals surface area contributed by atoms with Crippen LogP contribution in [-0.4, -0.2) is 40.3 Å². The average molecular weight is 367 g/mol. The van der Waals surface area contributed by atoms with Crippen molar-refractivity contribution in [3.05, 3.63) is 48.2 Å². The van der Waals surface area contributed by atoms with E-state index in [1.807, 2.05) is 31.2 Å². The van der Waals surface area contributed by atoms with Crippen molar-refractivity contribution in [2.24, 2.45) is 5.92 Å². The van der Waals surface area contributed by atoms with Crippen LogP contribution in [0.15, 0.2) is 36.9 Å². The first-order valence-corrected chi connectivity index (χ1v) is 9.68. The smallest absolute Gasteiger partial charge is 0.246 e. The minimum atomic E-state index is -0.516. The molecule has 2 fully saturated rings. The van der Waals surface area contributed by atoms with Crippen LogP contribution in [-0.2, 0) is 21.4 Å². The fourth-order valence-electron chi connectivity index (χ4n) is 4.52. The molecule has 0 unspecified atom stereocenters. The molecule has 1 aromatic carbocycles. The fourth-order valence-corrected chi connectivity index (χ4v) is 4.52. The molecule has 0 aliphatic carbocycles. The number of aromatic nitrogens is 1. The summed E-state index contributed by atoms with van der Waals surface area (Å²) in [6, 6.07) is 7.29. The Balaban J connectivity index is 1.73. The van der Waals surface area contributed by atoms with Crippen LogP contribution in [0.2, 0.25) is 0 Å². The molecular weight excluding hydrogens is 340 g/mol. The number of rotatable bonds is 4. The van der Waals surface area contributed by atoms with Crippen molar-refractivity contribution < 1.29 is 9.59 Å². The summed E-state index contributed by atoms with van der Waals surface area (Å²) in [5.41, 5.74) is 2.91. The van der Waals surface area contributed by atoms with Gasteiger partial charge in [0, 0.05) is 35.0 Å². The number of fused-ring (bicyclic) bond motifs is 2. The topological polar surface area (TPSA) is 65.2 Å². The summed E-state index contributed by atoms with van der Waals surface area (Å²) in [7, 11) is 0. The van der Waals surface area contributed by atoms with Gasteiger partial charge < -0.3 is 15.2 Å². The van der Waals surface area contributed by atoms with E-state index in [4.69, 9.17) is 0 Å². The Bertz CT molecular complexity index is 927. The lowest BCUT2D eigenvalue weighted by molar-refractivity contribution is -0.147. The zero-order valence-electron chi connectivity index (χ0n) is 16.2. The number of aromatic amines is 1. The van der Waals surface area contributed by atoms with E-state index in [9.17, 15) is 9.59 Å². The number of nitrogens with zero attached hydrogens (tertiary/aromatic N) is 1. The van der Waals surface area contributed by atoms with Gasteiger partial charge in [-0.05, 0) is 24.0 Å². The largest absolute Gasteiger partial charge is 0.357 e. The van der Waals surface area contributed by atoms with E-state index < -0.39 is 6.04 Å². The number of carbonyl (C=O) groups excluding carboxylic acids is 2. The molecule has 27 heavy (non-hydrogen) atoms. The van der Waals surface area contributed by atoms with Gasteiger partial charge in [0.2, 0.25) is 11.8 Å². The van der Waals surface area contributed by atoms with Gasteiger partial charge in [-0.1, -0.05) is 45.0 Å². The van der Waals surface area contributed by atoms with Crippen LogP contribution in [0.1, 0.15) is 38.4 Å². The minimum Gasteiger partial charge on any atom is -0.357 e. The van der Waals surface area contributed by atoms with E-state index in [0.29, 0.717) is 13.0 Å². The number of amides is 2. The van der Waals surface area contributed by atoms with Crippen molar-refractivity contribution in [2.45, 2.75) is 51.1 Å². The number of hydrogen-bond donors (Lipinski definition) is 2. The predicted octanol–water partition coefficient (Wildman–Crippen LogP) is 2.91. The van der Waals surface area contributed by atoms with Crippen molar-refractivity contribution in [3.8, 4) is 0 Å². The third-order valence-corrected chi connectivity index (χ3v) is 6.24. The molecule has 4 rings (SSSR count). The average Bonchev–Trinajstić information content (AvgIpc) is 3.21. The van der Waals surface area contributed by atoms with E-state index in [-0.39, 0.29) is 29.2 Å². The summed E-state index contributed by atoms with van der Waals surface area (Å²) >= 11 is 0. The van der Waals surface area contributed by atoms with E-state index in [1.54, 1.807) is 4.90 Å². The molecule has 0 saturated carbocycles. The number of benzene rings is 1. The SMILES string of the molecule is C=CC(C)(C)c1[nH]c2ccccc2c1C[C@@H]1N[13C](=O)[C@@H]2[C@@H](C)CCN2[13C]1=O. The Labute approximate surface area is 159 Å². The second-order valence-electron chi connectivity index (χ2n) is 8.46. The monoisotopic (exact) mass is 367 g/mol. The number of para-hydroxylation sites is 1. The standard InChI is InChI=1S/C22H27N3O2/c1-5-22(3,4)19-15(14-8-6-7-9-16(14)23-19)12-17-21(27)25-11-10-13(2)18(25)20(26)24-17/h5-9,13,17-18,23H,1,10-12H2,2-4H3,(H,24,26)/t13-,17-,18-/m0/s1/i20+1,21+1. The molecule has 5 heteroatoms. The van der Waals surface area contributed by atoms with Gasteiger partial charge in [-0.15, -0.1) is 6.58 Å². The molecule has 2 aromatic rings. The van der Waals surface area contributed by atoms with Gasteiger partial charge in [-0.3, -0.25) is 9.59 Å². The summed E-state index contributed by atoms with van der Waals surface area (Å²) in [5, 5.41) is 4.10. The quantitative estimate of drug-likeness (QED) is 0.645. The lowest BCUT2D eigenvalue weighted by atomic mass is 9.85. The van der Waals surface area contributed by atoms with Crippen LogP contribution in [0, 0.1) is 5.92 Å². The van der Waals surface area contributed by atoms with E-state index in [2.05, 4.69) is 36.8 Å². The van der Waals surface area contributed by atoms with Gasteiger partial charge in [-0.2, -0.15) is 0 Å². The molecule has 2 N–H and O–H groups in total. The van der Waals surface area contributed by atoms with Crippen molar-refractivity contribution in [1.82, 2.24) is 15.2 Å². The van der Waals surface area contributed by atoms with Crippen LogP contribution in [0.3, 0.4) is 0 Å². The van der Waals surface area contributed by atoms with Crippen LogP contribution in [0.4, 0.5) is 0 Å². The van der Waals surface area contributed by atoms with Crippen LogP contribution in [0.25, 0.3) is 10.9 Å². The summed E-state index contributed by atoms with van der Waals surface area (Å²) < 4.78 is 0. The van der Waals surface area contributed by atoms with Crippen molar-refractivity contribution in [2.75, 3.05) is 6.54 Å². The molecule has 2 saturated heterocycles. The molecular formula is C22H27N3O2. The minimum absolute atomic E-state index is 0.0195. The molecule has 3 atom stereocenters. The van der Waals surface area contributed by atoms with Crippen LogP contribution < -0.4 is 5.32 Å². The zero-order valence-corrected chi connectivity index (χ0v) is 16.2. The first kappa shape index (κ1) is 17.8. The second kappa shape index (κ2) is 6.25. The lowest BCUT2D eigenvalue weighted by Gasteiger charge is -2.36. The van der Waals surface area contributed by atoms with Gasteiger partial charge in [0.15, 0.2) is 0 Å². The summed E-state index contributed by atoms with van der Waals surface area (Å²) in [5.74, 6) is 0.240. The van der Waals surface area contributed by atoms with Crippen LogP contribution in [0.5, 0.6) is 0 Å². The molecule has 0 radical (unpaired) electrons. The molecule has 3 heterocycles. The Morgan fingerprint density at radius 1 is 1.30 bits per heavy atom. The van der Waals surface area contributed by atoms with Gasteiger partial charge in [-0.25, -0.2) is 0 Å². The molecule has 142 valence electrons. The Morgan fingerprint density at radius 3 is 2.78 bits per heavy atom. The van der Waals surface area contributed by atoms with Gasteiger partial charge in [0.1, 0.15) is 12.1 Å². The molecule has 0 spiro atoms. The first-order valence-electron chi connectivity index (χ1n) is 9.68. The molecule has 0 bridgehead atoms. The zero-order chi connectivity index (χ0) is 19.3. The second-order valence-corrected chi connectivity index (χ2v) is 8.46. The predicted molar refractivity (Wildman–Crippen MR) is 106 cm³/mol. The summed E-state index contributed by atoms with van der Waals surface area (Å²) in [4.78, 5) is 31.0. The van der Waals surface area contributed by atoms with E-state index >= 15 is 0 Å². The molecule has 5 nitrogen and oxygen atoms in total. The Hall–Kier alpha value is -2.56. The fraction of sp³-hybridized carbons (Fsp3) is 0.455. The maximum absolute atomic E-state index is 13.1. The van der Waals surface area contributed by atoms with Gasteiger partial charge in [0.25, 0.3) is 0 Å². The Morgan fingerprint density at radius 2 is 2.04 bits per heavy atom. The molecule has 1 aromatic heterocycles. The number of allylic oxidation sites excluding steroid dienone is 1. The number of carbonyl (C=O) groups is 2. The number of hydrogen-bond acceptors (Lipinski definition) is 2. The van der Waals surface area contributed by atoms with Crippen LogP contribution >= 0.6 is 0 Å². The molecule has 2 aliphatic heterocycles. The first-order chi connectivity index (χ1) is 12.8. The highest BCUT2D eigenvalue weighted by Crippen LogP contribution is 2.35. The van der Waals surface area contributed by atoms with Crippen molar-refractivity contribution >= 4 is 22.7 Å². The summed E-state index contributed by atoms with van der Waals surface area (Å²) in [6.45, 7) is 10.9. The highest BCUT2D eigenvalue weighted by atomic mass is 16.2. The number of nitrogens with one attached hydrogen (secondary N) is 2. The normalized spacial score (nSPS) is 25.6. The maximum atomic E-state index is 13.1. The van der Waals surface area contributed by atoms with Crippen molar-refractivity contribution in [3.63, 3.8) is 0 Å². The number of H-pyrrole nitrogens is 1. The Kier molecular flexibility index (Phi) is 4.13. The molecule has 2 aliphatic rings.